The zero-order valence-corrected chi connectivity index (χ0v) is 10.7. The highest BCUT2D eigenvalue weighted by Crippen LogP contribution is 2.19. The van der Waals surface area contributed by atoms with Crippen molar-refractivity contribution in [1.82, 2.24) is 0 Å². The number of aliphatic hydroxyl groups excluding tert-OH is 1. The summed E-state index contributed by atoms with van der Waals surface area (Å²) in [4.78, 5) is 0. The molecule has 0 fully saturated rings. The first kappa shape index (κ1) is 12.9. The highest BCUT2D eigenvalue weighted by atomic mass is 35.5. The fourth-order valence-electron chi connectivity index (χ4n) is 1.66. The van der Waals surface area contributed by atoms with Gasteiger partial charge in [-0.2, -0.15) is 0 Å². The van der Waals surface area contributed by atoms with E-state index < -0.39 is 0 Å². The lowest BCUT2D eigenvalue weighted by Crippen LogP contribution is -1.96. The van der Waals surface area contributed by atoms with E-state index in [1.165, 1.54) is 0 Å². The average molecular weight is 263 g/mol. The number of benzene rings is 2. The van der Waals surface area contributed by atoms with Gasteiger partial charge in [-0.25, -0.2) is 0 Å². The van der Waals surface area contributed by atoms with Crippen LogP contribution in [0.3, 0.4) is 0 Å². The van der Waals surface area contributed by atoms with Crippen molar-refractivity contribution in [2.75, 3.05) is 6.61 Å². The summed E-state index contributed by atoms with van der Waals surface area (Å²) in [6, 6.07) is 15.4. The van der Waals surface area contributed by atoms with Crippen LogP contribution in [0, 0.1) is 0 Å². The van der Waals surface area contributed by atoms with Crippen LogP contribution < -0.4 is 4.74 Å². The number of aliphatic hydroxyl groups is 1. The molecule has 94 valence electrons. The SMILES string of the molecule is OCCc1ccc(OCc2ccccc2Cl)cc1. The van der Waals surface area contributed by atoms with E-state index >= 15 is 0 Å². The lowest BCUT2D eigenvalue weighted by molar-refractivity contribution is 0.298. The summed E-state index contributed by atoms with van der Waals surface area (Å²) < 4.78 is 5.66. The molecule has 2 aromatic carbocycles. The molecule has 0 saturated heterocycles. The van der Waals surface area contributed by atoms with Crippen LogP contribution in [-0.4, -0.2) is 11.7 Å². The van der Waals surface area contributed by atoms with Gasteiger partial charge in [0, 0.05) is 17.2 Å². The molecule has 2 aromatic rings. The van der Waals surface area contributed by atoms with Gasteiger partial charge in [0.2, 0.25) is 0 Å². The topological polar surface area (TPSA) is 29.5 Å². The number of hydrogen-bond acceptors (Lipinski definition) is 2. The van der Waals surface area contributed by atoms with Gasteiger partial charge in [0.15, 0.2) is 0 Å². The lowest BCUT2D eigenvalue weighted by atomic mass is 10.1. The van der Waals surface area contributed by atoms with Gasteiger partial charge in [0.05, 0.1) is 0 Å². The molecule has 18 heavy (non-hydrogen) atoms. The molecule has 0 spiro atoms. The molecule has 0 aromatic heterocycles. The van der Waals surface area contributed by atoms with Crippen LogP contribution in [-0.2, 0) is 13.0 Å². The van der Waals surface area contributed by atoms with E-state index in [0.29, 0.717) is 13.0 Å². The molecular weight excluding hydrogens is 248 g/mol. The van der Waals surface area contributed by atoms with E-state index in [4.69, 9.17) is 21.4 Å². The van der Waals surface area contributed by atoms with E-state index in [1.807, 2.05) is 48.5 Å². The summed E-state index contributed by atoms with van der Waals surface area (Å²) in [5.74, 6) is 0.802. The summed E-state index contributed by atoms with van der Waals surface area (Å²) in [5, 5.41) is 9.54. The summed E-state index contributed by atoms with van der Waals surface area (Å²) in [6.07, 6.45) is 0.671. The number of rotatable bonds is 5. The Hall–Kier alpha value is -1.51. The standard InChI is InChI=1S/C15H15ClO2/c16-15-4-2-1-3-13(15)11-18-14-7-5-12(6-8-14)9-10-17/h1-8,17H,9-11H2. The molecule has 3 heteroatoms. The molecule has 0 aliphatic carbocycles. The molecule has 0 radical (unpaired) electrons. The van der Waals surface area contributed by atoms with Crippen molar-refractivity contribution >= 4 is 11.6 Å². The van der Waals surface area contributed by atoms with E-state index in [9.17, 15) is 0 Å². The number of hydrogen-bond donors (Lipinski definition) is 1. The Kier molecular flexibility index (Phi) is 4.62. The Morgan fingerprint density at radius 1 is 1.00 bits per heavy atom. The van der Waals surface area contributed by atoms with Crippen molar-refractivity contribution in [2.24, 2.45) is 0 Å². The molecule has 0 heterocycles. The third kappa shape index (κ3) is 3.49. The quantitative estimate of drug-likeness (QED) is 0.894. The molecule has 1 N–H and O–H groups in total. The molecule has 2 rings (SSSR count). The molecular formula is C15H15ClO2. The van der Waals surface area contributed by atoms with Crippen LogP contribution in [0.25, 0.3) is 0 Å². The Morgan fingerprint density at radius 2 is 1.72 bits per heavy atom. The van der Waals surface area contributed by atoms with Gasteiger partial charge in [-0.3, -0.25) is 0 Å². The zero-order chi connectivity index (χ0) is 12.8. The number of ether oxygens (including phenoxy) is 1. The zero-order valence-electron chi connectivity index (χ0n) is 9.97. The van der Waals surface area contributed by atoms with Crippen LogP contribution >= 0.6 is 11.6 Å². The van der Waals surface area contributed by atoms with Gasteiger partial charge in [-0.05, 0) is 30.2 Å². The smallest absolute Gasteiger partial charge is 0.119 e. The monoisotopic (exact) mass is 262 g/mol. The van der Waals surface area contributed by atoms with Crippen LogP contribution in [0.4, 0.5) is 0 Å². The second-order valence-electron chi connectivity index (χ2n) is 4.00. The Labute approximate surface area is 112 Å². The van der Waals surface area contributed by atoms with Gasteiger partial charge in [-0.15, -0.1) is 0 Å². The molecule has 0 saturated carbocycles. The maximum absolute atomic E-state index is 8.83. The second kappa shape index (κ2) is 6.43. The van der Waals surface area contributed by atoms with Crippen LogP contribution in [0.1, 0.15) is 11.1 Å². The fraction of sp³-hybridized carbons (Fsp3) is 0.200. The predicted octanol–water partition coefficient (Wildman–Crippen LogP) is 3.45. The Balaban J connectivity index is 1.96. The van der Waals surface area contributed by atoms with Crippen molar-refractivity contribution in [3.05, 3.63) is 64.7 Å². The summed E-state index contributed by atoms with van der Waals surface area (Å²) in [7, 11) is 0. The largest absolute Gasteiger partial charge is 0.489 e. The van der Waals surface area contributed by atoms with Crippen LogP contribution in [0.2, 0.25) is 5.02 Å². The molecule has 0 unspecified atom stereocenters. The van der Waals surface area contributed by atoms with Gasteiger partial charge in [0.25, 0.3) is 0 Å². The normalized spacial score (nSPS) is 10.3. The highest BCUT2D eigenvalue weighted by Gasteiger charge is 2.00. The van der Waals surface area contributed by atoms with Crippen molar-refractivity contribution < 1.29 is 9.84 Å². The van der Waals surface area contributed by atoms with Gasteiger partial charge in [0.1, 0.15) is 12.4 Å². The molecule has 0 aliphatic heterocycles. The molecule has 0 amide bonds. The van der Waals surface area contributed by atoms with E-state index in [1.54, 1.807) is 0 Å². The Bertz CT molecular complexity index is 494. The van der Waals surface area contributed by atoms with Crippen LogP contribution in [0.5, 0.6) is 5.75 Å². The first-order valence-electron chi connectivity index (χ1n) is 5.85. The number of halogens is 1. The van der Waals surface area contributed by atoms with E-state index in [-0.39, 0.29) is 6.61 Å². The Morgan fingerprint density at radius 3 is 2.39 bits per heavy atom. The summed E-state index contributed by atoms with van der Waals surface area (Å²) in [5.41, 5.74) is 2.07. The third-order valence-corrected chi connectivity index (χ3v) is 3.04. The van der Waals surface area contributed by atoms with Crippen molar-refractivity contribution in [1.29, 1.82) is 0 Å². The van der Waals surface area contributed by atoms with Gasteiger partial charge >= 0.3 is 0 Å². The van der Waals surface area contributed by atoms with Crippen molar-refractivity contribution in [3.63, 3.8) is 0 Å². The van der Waals surface area contributed by atoms with E-state index in [0.717, 1.165) is 21.9 Å². The minimum absolute atomic E-state index is 0.166. The molecule has 0 aliphatic rings. The molecule has 0 bridgehead atoms. The average Bonchev–Trinajstić information content (AvgIpc) is 2.40. The third-order valence-electron chi connectivity index (χ3n) is 2.68. The van der Waals surface area contributed by atoms with Crippen molar-refractivity contribution in [2.45, 2.75) is 13.0 Å². The van der Waals surface area contributed by atoms with Crippen LogP contribution in [0.15, 0.2) is 48.5 Å². The maximum Gasteiger partial charge on any atom is 0.119 e. The predicted molar refractivity (Wildman–Crippen MR) is 73.0 cm³/mol. The van der Waals surface area contributed by atoms with E-state index in [2.05, 4.69) is 0 Å². The lowest BCUT2D eigenvalue weighted by Gasteiger charge is -2.08. The summed E-state index contributed by atoms with van der Waals surface area (Å²) in [6.45, 7) is 0.624. The minimum atomic E-state index is 0.166. The first-order valence-corrected chi connectivity index (χ1v) is 6.23. The fourth-order valence-corrected chi connectivity index (χ4v) is 1.85. The molecule has 2 nitrogen and oxygen atoms in total. The maximum atomic E-state index is 8.83. The van der Waals surface area contributed by atoms with Gasteiger partial charge in [-0.1, -0.05) is 41.9 Å². The molecule has 0 atom stereocenters. The second-order valence-corrected chi connectivity index (χ2v) is 4.40. The van der Waals surface area contributed by atoms with Gasteiger partial charge < -0.3 is 9.84 Å². The highest BCUT2D eigenvalue weighted by molar-refractivity contribution is 6.31. The summed E-state index contributed by atoms with van der Waals surface area (Å²) >= 11 is 6.05. The minimum Gasteiger partial charge on any atom is -0.489 e. The van der Waals surface area contributed by atoms with Crippen molar-refractivity contribution in [3.8, 4) is 5.75 Å². The first-order chi connectivity index (χ1) is 8.79.